The Morgan fingerprint density at radius 3 is 2.83 bits per heavy atom. The van der Waals surface area contributed by atoms with Crippen molar-refractivity contribution < 1.29 is 14.3 Å². The second-order valence-electron chi connectivity index (χ2n) is 3.54. The van der Waals surface area contributed by atoms with Gasteiger partial charge in [0.05, 0.1) is 0 Å². The molecule has 4 heteroatoms. The van der Waals surface area contributed by atoms with Gasteiger partial charge in [-0.05, 0) is 26.2 Å². The molecule has 0 saturated carbocycles. The number of cyclic esters (lactones) is 2. The topological polar surface area (TPSA) is 46.6 Å². The van der Waals surface area contributed by atoms with Crippen molar-refractivity contribution in [1.29, 1.82) is 0 Å². The molecule has 0 aromatic carbocycles. The van der Waals surface area contributed by atoms with Gasteiger partial charge in [0.25, 0.3) is 0 Å². The van der Waals surface area contributed by atoms with E-state index in [0.29, 0.717) is 6.54 Å². The highest BCUT2D eigenvalue weighted by Gasteiger charge is 2.52. The molecule has 0 spiro atoms. The summed E-state index contributed by atoms with van der Waals surface area (Å²) >= 11 is 0. The van der Waals surface area contributed by atoms with Gasteiger partial charge in [-0.2, -0.15) is 0 Å². The van der Waals surface area contributed by atoms with E-state index < -0.39 is 11.6 Å². The summed E-state index contributed by atoms with van der Waals surface area (Å²) in [5.74, 6) is -0.382. The Balaban J connectivity index is 2.33. The van der Waals surface area contributed by atoms with Crippen LogP contribution in [-0.2, 0) is 9.53 Å². The molecule has 0 aliphatic carbocycles. The van der Waals surface area contributed by atoms with Gasteiger partial charge in [-0.1, -0.05) is 0 Å². The zero-order valence-corrected chi connectivity index (χ0v) is 7.00. The number of ether oxygens (including phenoxy) is 1. The summed E-state index contributed by atoms with van der Waals surface area (Å²) in [7, 11) is 0. The SMILES string of the molecule is C[C@@]12CCCCN1C(=O)OC2=O. The van der Waals surface area contributed by atoms with Crippen LogP contribution in [0.25, 0.3) is 0 Å². The number of nitrogens with zero attached hydrogens (tertiary/aromatic N) is 1. The van der Waals surface area contributed by atoms with Gasteiger partial charge in [0, 0.05) is 6.54 Å². The maximum absolute atomic E-state index is 11.3. The number of hydrogen-bond acceptors (Lipinski definition) is 3. The highest BCUT2D eigenvalue weighted by Crippen LogP contribution is 2.34. The smallest absolute Gasteiger partial charge is 0.374 e. The van der Waals surface area contributed by atoms with Gasteiger partial charge in [-0.3, -0.25) is 4.90 Å². The maximum Gasteiger partial charge on any atom is 0.418 e. The second-order valence-corrected chi connectivity index (χ2v) is 3.54. The molecule has 1 atom stereocenters. The third kappa shape index (κ3) is 0.777. The van der Waals surface area contributed by atoms with E-state index in [4.69, 9.17) is 0 Å². The predicted octanol–water partition coefficient (Wildman–Crippen LogP) is 0.908. The highest BCUT2D eigenvalue weighted by atomic mass is 16.6. The zero-order valence-electron chi connectivity index (χ0n) is 7.00. The van der Waals surface area contributed by atoms with E-state index in [9.17, 15) is 9.59 Å². The standard InChI is InChI=1S/C8H11NO3/c1-8-4-2-3-5-9(8)7(11)12-6(8)10/h2-5H2,1H3/t8-/m0/s1. The number of esters is 1. The number of amides is 1. The number of rotatable bonds is 0. The molecule has 0 bridgehead atoms. The lowest BCUT2D eigenvalue weighted by Crippen LogP contribution is -2.49. The fraction of sp³-hybridized carbons (Fsp3) is 0.750. The Kier molecular flexibility index (Phi) is 1.40. The van der Waals surface area contributed by atoms with Crippen molar-refractivity contribution in [3.05, 3.63) is 0 Å². The predicted molar refractivity (Wildman–Crippen MR) is 40.5 cm³/mol. The molecule has 1 amide bonds. The lowest BCUT2D eigenvalue weighted by atomic mass is 9.90. The van der Waals surface area contributed by atoms with E-state index >= 15 is 0 Å². The van der Waals surface area contributed by atoms with E-state index in [2.05, 4.69) is 4.74 Å². The summed E-state index contributed by atoms with van der Waals surface area (Å²) in [6.45, 7) is 2.43. The molecule has 0 unspecified atom stereocenters. The van der Waals surface area contributed by atoms with Crippen molar-refractivity contribution in [2.24, 2.45) is 0 Å². The van der Waals surface area contributed by atoms with Crippen molar-refractivity contribution in [2.45, 2.75) is 31.7 Å². The van der Waals surface area contributed by atoms with Crippen LogP contribution in [0.5, 0.6) is 0 Å². The van der Waals surface area contributed by atoms with Crippen molar-refractivity contribution in [1.82, 2.24) is 4.90 Å². The second kappa shape index (κ2) is 2.21. The molecule has 66 valence electrons. The molecule has 0 aromatic heterocycles. The number of fused-ring (bicyclic) bond motifs is 1. The monoisotopic (exact) mass is 169 g/mol. The Hall–Kier alpha value is -1.06. The third-order valence-corrected chi connectivity index (χ3v) is 2.73. The van der Waals surface area contributed by atoms with Crippen LogP contribution in [0.3, 0.4) is 0 Å². The molecule has 12 heavy (non-hydrogen) atoms. The van der Waals surface area contributed by atoms with Crippen LogP contribution >= 0.6 is 0 Å². The average Bonchev–Trinajstić information content (AvgIpc) is 2.25. The summed E-state index contributed by atoms with van der Waals surface area (Å²) < 4.78 is 4.56. The number of piperidine rings is 1. The van der Waals surface area contributed by atoms with Crippen LogP contribution in [-0.4, -0.2) is 29.0 Å². The molecule has 0 N–H and O–H groups in total. The number of hydrogen-bond donors (Lipinski definition) is 0. The first-order chi connectivity index (χ1) is 5.64. The minimum Gasteiger partial charge on any atom is -0.374 e. The van der Waals surface area contributed by atoms with E-state index in [1.54, 1.807) is 11.8 Å². The van der Waals surface area contributed by atoms with Crippen LogP contribution < -0.4 is 0 Å². The molecule has 2 aliphatic heterocycles. The van der Waals surface area contributed by atoms with E-state index in [1.807, 2.05) is 0 Å². The van der Waals surface area contributed by atoms with Gasteiger partial charge in [-0.15, -0.1) is 0 Å². The van der Waals surface area contributed by atoms with Gasteiger partial charge >= 0.3 is 12.1 Å². The summed E-state index contributed by atoms with van der Waals surface area (Å²) in [6, 6.07) is 0. The molecule has 2 saturated heterocycles. The fourth-order valence-corrected chi connectivity index (χ4v) is 1.87. The largest absolute Gasteiger partial charge is 0.418 e. The van der Waals surface area contributed by atoms with Crippen molar-refractivity contribution in [3.8, 4) is 0 Å². The summed E-state index contributed by atoms with van der Waals surface area (Å²) in [4.78, 5) is 23.9. The maximum atomic E-state index is 11.3. The van der Waals surface area contributed by atoms with E-state index in [1.165, 1.54) is 0 Å². The zero-order chi connectivity index (χ0) is 8.77. The molecule has 2 fully saturated rings. The summed E-state index contributed by atoms with van der Waals surface area (Å²) in [6.07, 6.45) is 2.23. The van der Waals surface area contributed by atoms with Crippen LogP contribution in [0, 0.1) is 0 Å². The molecular formula is C8H11NO3. The van der Waals surface area contributed by atoms with Crippen LogP contribution in [0.4, 0.5) is 4.79 Å². The molecule has 2 rings (SSSR count). The first-order valence-electron chi connectivity index (χ1n) is 4.18. The first kappa shape index (κ1) is 7.58. The Bertz CT molecular complexity index is 251. The molecular weight excluding hydrogens is 158 g/mol. The Labute approximate surface area is 70.5 Å². The van der Waals surface area contributed by atoms with Crippen LogP contribution in [0.2, 0.25) is 0 Å². The number of carbonyl (C=O) groups is 2. The quantitative estimate of drug-likeness (QED) is 0.400. The van der Waals surface area contributed by atoms with Crippen molar-refractivity contribution in [3.63, 3.8) is 0 Å². The van der Waals surface area contributed by atoms with Gasteiger partial charge < -0.3 is 4.74 Å². The highest BCUT2D eigenvalue weighted by molar-refractivity contribution is 5.98. The summed E-state index contributed by atoms with van der Waals surface area (Å²) in [5, 5.41) is 0. The van der Waals surface area contributed by atoms with Gasteiger partial charge in [0.1, 0.15) is 5.54 Å². The van der Waals surface area contributed by atoms with Crippen LogP contribution in [0.15, 0.2) is 0 Å². The Morgan fingerprint density at radius 2 is 2.17 bits per heavy atom. The van der Waals surface area contributed by atoms with E-state index in [-0.39, 0.29) is 5.97 Å². The van der Waals surface area contributed by atoms with E-state index in [0.717, 1.165) is 19.3 Å². The summed E-state index contributed by atoms with van der Waals surface area (Å²) in [5.41, 5.74) is -0.657. The average molecular weight is 169 g/mol. The molecule has 0 radical (unpaired) electrons. The molecule has 4 nitrogen and oxygen atoms in total. The molecule has 0 aromatic rings. The molecule has 2 heterocycles. The normalized spacial score (nSPS) is 34.9. The Morgan fingerprint density at radius 1 is 1.42 bits per heavy atom. The van der Waals surface area contributed by atoms with Crippen molar-refractivity contribution >= 4 is 12.1 Å². The minimum atomic E-state index is -0.657. The lowest BCUT2D eigenvalue weighted by Gasteiger charge is -2.33. The van der Waals surface area contributed by atoms with Gasteiger partial charge in [0.15, 0.2) is 0 Å². The minimum absolute atomic E-state index is 0.382. The van der Waals surface area contributed by atoms with Gasteiger partial charge in [0.2, 0.25) is 0 Å². The third-order valence-electron chi connectivity index (χ3n) is 2.73. The lowest BCUT2D eigenvalue weighted by molar-refractivity contribution is -0.140. The number of carbonyl (C=O) groups excluding carboxylic acids is 2. The van der Waals surface area contributed by atoms with Crippen LogP contribution in [0.1, 0.15) is 26.2 Å². The van der Waals surface area contributed by atoms with Crippen molar-refractivity contribution in [2.75, 3.05) is 6.54 Å². The molecule has 2 aliphatic rings. The first-order valence-corrected chi connectivity index (χ1v) is 4.18. The fourth-order valence-electron chi connectivity index (χ4n) is 1.87. The van der Waals surface area contributed by atoms with Gasteiger partial charge in [-0.25, -0.2) is 9.59 Å².